The molecule has 0 N–H and O–H groups in total. The summed E-state index contributed by atoms with van der Waals surface area (Å²) in [5, 5.41) is 5.07. The number of likely N-dealkylation sites (tertiary alicyclic amines) is 1. The summed E-state index contributed by atoms with van der Waals surface area (Å²) in [6.45, 7) is 4.12. The van der Waals surface area contributed by atoms with Crippen molar-refractivity contribution in [1.29, 1.82) is 0 Å². The Morgan fingerprint density at radius 1 is 0.684 bits per heavy atom. The zero-order chi connectivity index (χ0) is 25.7. The largest absolute Gasteiger partial charge is 0.496 e. The Kier molecular flexibility index (Phi) is 7.28. The lowest BCUT2D eigenvalue weighted by molar-refractivity contribution is 0.183. The molecule has 192 valence electrons. The number of methoxy groups -OCH3 is 1. The van der Waals surface area contributed by atoms with Gasteiger partial charge in [-0.1, -0.05) is 85.3 Å². The lowest BCUT2D eigenvalue weighted by Gasteiger charge is -2.26. The number of ether oxygens (including phenoxy) is 2. The molecule has 1 saturated heterocycles. The number of para-hydroxylation sites is 1. The Hall–Kier alpha value is -3.82. The predicted octanol–water partition coefficient (Wildman–Crippen LogP) is 8.05. The highest BCUT2D eigenvalue weighted by atomic mass is 16.5. The maximum absolute atomic E-state index is 6.16. The van der Waals surface area contributed by atoms with Crippen LogP contribution in [0, 0.1) is 0 Å². The lowest BCUT2D eigenvalue weighted by Crippen LogP contribution is -2.33. The summed E-state index contributed by atoms with van der Waals surface area (Å²) in [5.74, 6) is 1.84. The zero-order valence-corrected chi connectivity index (χ0v) is 22.1. The number of hydrogen-bond acceptors (Lipinski definition) is 3. The maximum Gasteiger partial charge on any atom is 0.123 e. The standard InChI is InChI=1S/C35H35NO2/c1-37-34-16-8-7-15-32(34)35(26-17-19-28(20-18-26)38-24-23-36-21-9-2-10-22-36)33-25-27-11-3-4-12-29(27)30-13-5-6-14-31(30)33/h3-8,11-20,25,35H,2,9-10,21-24H2,1H3. The van der Waals surface area contributed by atoms with E-state index in [-0.39, 0.29) is 5.92 Å². The SMILES string of the molecule is COc1ccccc1C(c1ccc(OCCN2CCCCC2)cc1)c1cc2ccccc2c2ccccc12. The molecule has 0 bridgehead atoms. The van der Waals surface area contributed by atoms with E-state index in [2.05, 4.69) is 102 Å². The fraction of sp³-hybridized carbons (Fsp3) is 0.257. The first kappa shape index (κ1) is 24.5. The third-order valence-electron chi connectivity index (χ3n) is 7.90. The summed E-state index contributed by atoms with van der Waals surface area (Å²) in [7, 11) is 1.76. The summed E-state index contributed by atoms with van der Waals surface area (Å²) < 4.78 is 12.0. The molecule has 0 amide bonds. The van der Waals surface area contributed by atoms with Crippen molar-refractivity contribution in [3.8, 4) is 11.5 Å². The molecular weight excluding hydrogens is 466 g/mol. The van der Waals surface area contributed by atoms with Gasteiger partial charge in [0.25, 0.3) is 0 Å². The van der Waals surface area contributed by atoms with Crippen LogP contribution in [0.1, 0.15) is 41.9 Å². The third kappa shape index (κ3) is 4.99. The molecule has 1 aliphatic rings. The van der Waals surface area contributed by atoms with Crippen LogP contribution in [0.25, 0.3) is 21.5 Å². The Morgan fingerprint density at radius 2 is 1.37 bits per heavy atom. The van der Waals surface area contributed by atoms with Crippen molar-refractivity contribution in [2.45, 2.75) is 25.2 Å². The fourth-order valence-electron chi connectivity index (χ4n) is 5.99. The van der Waals surface area contributed by atoms with Crippen LogP contribution in [0.4, 0.5) is 0 Å². The van der Waals surface area contributed by atoms with Gasteiger partial charge < -0.3 is 9.47 Å². The Morgan fingerprint density at radius 3 is 2.16 bits per heavy atom. The molecule has 1 atom stereocenters. The molecule has 1 aliphatic heterocycles. The minimum Gasteiger partial charge on any atom is -0.496 e. The summed E-state index contributed by atoms with van der Waals surface area (Å²) in [4.78, 5) is 2.51. The number of benzene rings is 5. The van der Waals surface area contributed by atoms with Crippen molar-refractivity contribution in [2.24, 2.45) is 0 Å². The monoisotopic (exact) mass is 501 g/mol. The van der Waals surface area contributed by atoms with Gasteiger partial charge in [0.2, 0.25) is 0 Å². The molecule has 38 heavy (non-hydrogen) atoms. The smallest absolute Gasteiger partial charge is 0.123 e. The van der Waals surface area contributed by atoms with Crippen molar-refractivity contribution in [1.82, 2.24) is 4.90 Å². The van der Waals surface area contributed by atoms with E-state index in [1.165, 1.54) is 65.0 Å². The van der Waals surface area contributed by atoms with Gasteiger partial charge in [0.05, 0.1) is 7.11 Å². The average molecular weight is 502 g/mol. The molecule has 0 saturated carbocycles. The molecule has 3 nitrogen and oxygen atoms in total. The molecule has 1 unspecified atom stereocenters. The van der Waals surface area contributed by atoms with Crippen molar-refractivity contribution < 1.29 is 9.47 Å². The predicted molar refractivity (Wildman–Crippen MR) is 158 cm³/mol. The second-order valence-electron chi connectivity index (χ2n) is 10.2. The third-order valence-corrected chi connectivity index (χ3v) is 7.90. The van der Waals surface area contributed by atoms with Crippen LogP contribution < -0.4 is 9.47 Å². The Labute approximate surface area is 225 Å². The molecule has 0 aliphatic carbocycles. The topological polar surface area (TPSA) is 21.7 Å². The zero-order valence-electron chi connectivity index (χ0n) is 22.1. The van der Waals surface area contributed by atoms with Crippen molar-refractivity contribution in [3.05, 3.63) is 120 Å². The first-order valence-electron chi connectivity index (χ1n) is 13.8. The van der Waals surface area contributed by atoms with E-state index in [4.69, 9.17) is 9.47 Å². The molecule has 6 rings (SSSR count). The molecular formula is C35H35NO2. The van der Waals surface area contributed by atoms with E-state index in [0.29, 0.717) is 0 Å². The van der Waals surface area contributed by atoms with Gasteiger partial charge in [0, 0.05) is 18.0 Å². The molecule has 5 aromatic carbocycles. The Bertz CT molecular complexity index is 1520. The van der Waals surface area contributed by atoms with Gasteiger partial charge in [-0.15, -0.1) is 0 Å². The number of piperidine rings is 1. The summed E-state index contributed by atoms with van der Waals surface area (Å²) in [6, 6.07) is 36.9. The summed E-state index contributed by atoms with van der Waals surface area (Å²) >= 11 is 0. The molecule has 0 spiro atoms. The number of hydrogen-bond donors (Lipinski definition) is 0. The molecule has 1 heterocycles. The second kappa shape index (κ2) is 11.3. The van der Waals surface area contributed by atoms with Gasteiger partial charge in [0.1, 0.15) is 18.1 Å². The van der Waals surface area contributed by atoms with Gasteiger partial charge in [0.15, 0.2) is 0 Å². The van der Waals surface area contributed by atoms with Crippen LogP contribution in [0.15, 0.2) is 103 Å². The maximum atomic E-state index is 6.16. The average Bonchev–Trinajstić information content (AvgIpc) is 2.99. The van der Waals surface area contributed by atoms with Crippen LogP contribution in [0.2, 0.25) is 0 Å². The fourth-order valence-corrected chi connectivity index (χ4v) is 5.99. The quantitative estimate of drug-likeness (QED) is 0.159. The van der Waals surface area contributed by atoms with Gasteiger partial charge in [-0.3, -0.25) is 4.90 Å². The van der Waals surface area contributed by atoms with Gasteiger partial charge in [-0.05, 0) is 82.9 Å². The summed E-state index contributed by atoms with van der Waals surface area (Å²) in [5.41, 5.74) is 3.66. The van der Waals surface area contributed by atoms with Gasteiger partial charge in [-0.25, -0.2) is 0 Å². The van der Waals surface area contributed by atoms with Crippen LogP contribution >= 0.6 is 0 Å². The lowest BCUT2D eigenvalue weighted by atomic mass is 9.81. The first-order valence-corrected chi connectivity index (χ1v) is 13.8. The number of nitrogens with zero attached hydrogens (tertiary/aromatic N) is 1. The molecule has 5 aromatic rings. The van der Waals surface area contributed by atoms with Crippen molar-refractivity contribution >= 4 is 21.5 Å². The molecule has 0 aromatic heterocycles. The van der Waals surface area contributed by atoms with Gasteiger partial charge >= 0.3 is 0 Å². The van der Waals surface area contributed by atoms with E-state index in [9.17, 15) is 0 Å². The molecule has 3 heteroatoms. The highest BCUT2D eigenvalue weighted by Gasteiger charge is 2.23. The van der Waals surface area contributed by atoms with E-state index >= 15 is 0 Å². The second-order valence-corrected chi connectivity index (χ2v) is 10.2. The normalized spacial score (nSPS) is 15.0. The van der Waals surface area contributed by atoms with Crippen LogP contribution in [-0.4, -0.2) is 38.3 Å². The summed E-state index contributed by atoms with van der Waals surface area (Å²) in [6.07, 6.45) is 3.98. The highest BCUT2D eigenvalue weighted by molar-refractivity contribution is 6.09. The van der Waals surface area contributed by atoms with E-state index in [1.807, 2.05) is 6.07 Å². The molecule has 1 fully saturated rings. The van der Waals surface area contributed by atoms with E-state index < -0.39 is 0 Å². The molecule has 0 radical (unpaired) electrons. The van der Waals surface area contributed by atoms with Crippen LogP contribution in [-0.2, 0) is 0 Å². The van der Waals surface area contributed by atoms with Crippen molar-refractivity contribution in [3.63, 3.8) is 0 Å². The number of fused-ring (bicyclic) bond motifs is 3. The first-order chi connectivity index (χ1) is 18.8. The minimum absolute atomic E-state index is 0.0167. The van der Waals surface area contributed by atoms with E-state index in [1.54, 1.807) is 7.11 Å². The van der Waals surface area contributed by atoms with Crippen molar-refractivity contribution in [2.75, 3.05) is 33.4 Å². The minimum atomic E-state index is 0.0167. The van der Waals surface area contributed by atoms with Crippen LogP contribution in [0.3, 0.4) is 0 Å². The Balaban J connectivity index is 1.39. The highest BCUT2D eigenvalue weighted by Crippen LogP contribution is 2.42. The van der Waals surface area contributed by atoms with Gasteiger partial charge in [-0.2, -0.15) is 0 Å². The number of rotatable bonds is 8. The van der Waals surface area contributed by atoms with E-state index in [0.717, 1.165) is 30.2 Å². The van der Waals surface area contributed by atoms with Crippen LogP contribution in [0.5, 0.6) is 11.5 Å².